The lowest BCUT2D eigenvalue weighted by Gasteiger charge is -2.26. The summed E-state index contributed by atoms with van der Waals surface area (Å²) in [5, 5.41) is 12.5. The Morgan fingerprint density at radius 3 is 2.53 bits per heavy atom. The predicted molar refractivity (Wildman–Crippen MR) is 117 cm³/mol. The van der Waals surface area contributed by atoms with Gasteiger partial charge in [-0.15, -0.1) is 0 Å². The van der Waals surface area contributed by atoms with Crippen LogP contribution in [0.4, 0.5) is 5.69 Å². The first kappa shape index (κ1) is 21.8. The second-order valence-corrected chi connectivity index (χ2v) is 8.00. The van der Waals surface area contributed by atoms with Crippen LogP contribution in [0.5, 0.6) is 5.75 Å². The topological polar surface area (TPSA) is 78.9 Å². The van der Waals surface area contributed by atoms with E-state index in [-0.39, 0.29) is 12.5 Å². The van der Waals surface area contributed by atoms with Crippen LogP contribution in [-0.4, -0.2) is 35.7 Å². The van der Waals surface area contributed by atoms with Crippen LogP contribution in [0.25, 0.3) is 0 Å². The number of hydrogen-bond acceptors (Lipinski definition) is 4. The number of rotatable bonds is 8. The first-order valence-corrected chi connectivity index (χ1v) is 10.5. The number of hydrogen-bond donors (Lipinski definition) is 2. The molecule has 0 bridgehead atoms. The van der Waals surface area contributed by atoms with Crippen molar-refractivity contribution in [2.75, 3.05) is 11.5 Å². The molecular weight excluding hydrogens is 380 g/mol. The minimum absolute atomic E-state index is 0.0894. The van der Waals surface area contributed by atoms with Crippen molar-refractivity contribution in [1.29, 1.82) is 0 Å². The highest BCUT2D eigenvalue weighted by Gasteiger charge is 2.34. The number of amides is 1. The normalized spacial score (nSPS) is 17.3. The quantitative estimate of drug-likeness (QED) is 0.689. The fourth-order valence-corrected chi connectivity index (χ4v) is 3.64. The van der Waals surface area contributed by atoms with Gasteiger partial charge in [-0.25, -0.2) is 0 Å². The molecule has 6 heteroatoms. The van der Waals surface area contributed by atoms with Gasteiger partial charge >= 0.3 is 5.97 Å². The van der Waals surface area contributed by atoms with Crippen LogP contribution in [0.2, 0.25) is 0 Å². The second kappa shape index (κ2) is 9.76. The summed E-state index contributed by atoms with van der Waals surface area (Å²) in [5.74, 6) is -0.0816. The monoisotopic (exact) mass is 410 g/mol. The largest absolute Gasteiger partial charge is 0.489 e. The Morgan fingerprint density at radius 2 is 1.90 bits per heavy atom. The lowest BCUT2D eigenvalue weighted by molar-refractivity contribution is -0.140. The zero-order valence-electron chi connectivity index (χ0n) is 17.8. The van der Waals surface area contributed by atoms with Gasteiger partial charge in [0, 0.05) is 0 Å². The Hall–Kier alpha value is -2.86. The summed E-state index contributed by atoms with van der Waals surface area (Å²) in [4.78, 5) is 26.7. The molecular formula is C24H30N2O4. The number of fused-ring (bicyclic) bond motifs is 1. The van der Waals surface area contributed by atoms with E-state index in [0.29, 0.717) is 36.7 Å². The molecule has 30 heavy (non-hydrogen) atoms. The molecule has 0 spiro atoms. The maximum Gasteiger partial charge on any atom is 0.320 e. The van der Waals surface area contributed by atoms with Crippen LogP contribution in [-0.2, 0) is 16.1 Å². The van der Waals surface area contributed by atoms with Crippen molar-refractivity contribution in [3.05, 3.63) is 59.7 Å². The van der Waals surface area contributed by atoms with E-state index < -0.39 is 18.1 Å². The van der Waals surface area contributed by atoms with Crippen LogP contribution in [0.3, 0.4) is 0 Å². The van der Waals surface area contributed by atoms with Gasteiger partial charge in [-0.2, -0.15) is 0 Å². The lowest BCUT2D eigenvalue weighted by atomic mass is 10.0. The SMILES string of the molecule is CCC[C@H](N[C@@H]1COc2ccccc2N(Cc2ccc(C(C)C)cc2)C1=O)C(=O)O. The van der Waals surface area contributed by atoms with Crippen molar-refractivity contribution in [3.63, 3.8) is 0 Å². The molecule has 1 heterocycles. The van der Waals surface area contributed by atoms with Crippen LogP contribution in [0.1, 0.15) is 50.7 Å². The Bertz CT molecular complexity index is 879. The van der Waals surface area contributed by atoms with E-state index in [1.807, 2.05) is 43.3 Å². The molecule has 2 N–H and O–H groups in total. The number of carbonyl (C=O) groups is 2. The number of para-hydroxylation sites is 2. The van der Waals surface area contributed by atoms with Gasteiger partial charge in [0.1, 0.15) is 24.4 Å². The molecule has 2 atom stereocenters. The molecule has 160 valence electrons. The highest BCUT2D eigenvalue weighted by molar-refractivity contribution is 5.99. The van der Waals surface area contributed by atoms with Gasteiger partial charge in [-0.3, -0.25) is 14.9 Å². The van der Waals surface area contributed by atoms with Crippen LogP contribution in [0.15, 0.2) is 48.5 Å². The Kier molecular flexibility index (Phi) is 7.11. The predicted octanol–water partition coefficient (Wildman–Crippen LogP) is 3.95. The summed E-state index contributed by atoms with van der Waals surface area (Å²) in [6.45, 7) is 6.69. The molecule has 1 aliphatic rings. The van der Waals surface area contributed by atoms with E-state index in [4.69, 9.17) is 4.74 Å². The van der Waals surface area contributed by atoms with E-state index in [9.17, 15) is 14.7 Å². The molecule has 0 fully saturated rings. The number of ether oxygens (including phenoxy) is 1. The lowest BCUT2D eigenvalue weighted by Crippen LogP contribution is -2.53. The van der Waals surface area contributed by atoms with Gasteiger partial charge in [0.25, 0.3) is 0 Å². The summed E-state index contributed by atoms with van der Waals surface area (Å²) in [5.41, 5.74) is 2.95. The Morgan fingerprint density at radius 1 is 1.20 bits per heavy atom. The van der Waals surface area contributed by atoms with Crippen molar-refractivity contribution < 1.29 is 19.4 Å². The fraction of sp³-hybridized carbons (Fsp3) is 0.417. The Balaban J connectivity index is 1.88. The van der Waals surface area contributed by atoms with Gasteiger partial charge in [0.05, 0.1) is 12.2 Å². The van der Waals surface area contributed by atoms with Gasteiger partial charge < -0.3 is 14.7 Å². The first-order valence-electron chi connectivity index (χ1n) is 10.5. The average Bonchev–Trinajstić information content (AvgIpc) is 2.86. The summed E-state index contributed by atoms with van der Waals surface area (Å²) in [6, 6.07) is 14.1. The fourth-order valence-electron chi connectivity index (χ4n) is 3.64. The molecule has 0 saturated heterocycles. The third-order valence-corrected chi connectivity index (χ3v) is 5.39. The highest BCUT2D eigenvalue weighted by atomic mass is 16.5. The molecule has 3 rings (SSSR count). The van der Waals surface area contributed by atoms with E-state index in [2.05, 4.69) is 31.3 Å². The van der Waals surface area contributed by atoms with Gasteiger partial charge in [0.15, 0.2) is 0 Å². The minimum Gasteiger partial charge on any atom is -0.489 e. The molecule has 0 unspecified atom stereocenters. The summed E-state index contributed by atoms with van der Waals surface area (Å²) < 4.78 is 5.89. The van der Waals surface area contributed by atoms with Gasteiger partial charge in [-0.05, 0) is 35.6 Å². The zero-order chi connectivity index (χ0) is 21.7. The van der Waals surface area contributed by atoms with Crippen molar-refractivity contribution in [3.8, 4) is 5.75 Å². The van der Waals surface area contributed by atoms with E-state index in [0.717, 1.165) is 5.56 Å². The molecule has 1 amide bonds. The summed E-state index contributed by atoms with van der Waals surface area (Å²) >= 11 is 0. The number of nitrogens with one attached hydrogen (secondary N) is 1. The maximum absolute atomic E-state index is 13.4. The third kappa shape index (κ3) is 5.00. The van der Waals surface area contributed by atoms with E-state index >= 15 is 0 Å². The molecule has 0 radical (unpaired) electrons. The number of anilines is 1. The van der Waals surface area contributed by atoms with Gasteiger partial charge in [0.2, 0.25) is 5.91 Å². The molecule has 6 nitrogen and oxygen atoms in total. The number of aliphatic carboxylic acids is 1. The Labute approximate surface area is 177 Å². The molecule has 1 aliphatic heterocycles. The van der Waals surface area contributed by atoms with Crippen molar-refractivity contribution in [2.45, 2.75) is 58.2 Å². The van der Waals surface area contributed by atoms with Crippen molar-refractivity contribution in [1.82, 2.24) is 5.32 Å². The van der Waals surface area contributed by atoms with Gasteiger partial charge in [-0.1, -0.05) is 63.6 Å². The number of nitrogens with zero attached hydrogens (tertiary/aromatic N) is 1. The highest BCUT2D eigenvalue weighted by Crippen LogP contribution is 2.32. The van der Waals surface area contributed by atoms with E-state index in [1.165, 1.54) is 5.56 Å². The maximum atomic E-state index is 13.4. The standard InChI is InChI=1S/C24H30N2O4/c1-4-7-19(24(28)29)25-20-15-30-22-9-6-5-8-21(22)26(23(20)27)14-17-10-12-18(13-11-17)16(2)3/h5-6,8-13,16,19-20,25H,4,7,14-15H2,1-3H3,(H,28,29)/t19-,20+/m0/s1. The minimum atomic E-state index is -0.956. The number of carboxylic acids is 1. The van der Waals surface area contributed by atoms with Crippen LogP contribution >= 0.6 is 0 Å². The van der Waals surface area contributed by atoms with Crippen LogP contribution in [0, 0.1) is 0 Å². The van der Waals surface area contributed by atoms with Crippen molar-refractivity contribution >= 4 is 17.6 Å². The van der Waals surface area contributed by atoms with Crippen molar-refractivity contribution in [2.24, 2.45) is 0 Å². The summed E-state index contributed by atoms with van der Waals surface area (Å²) in [7, 11) is 0. The average molecular weight is 411 g/mol. The number of benzene rings is 2. The molecule has 2 aromatic rings. The number of carbonyl (C=O) groups excluding carboxylic acids is 1. The molecule has 0 aromatic heterocycles. The van der Waals surface area contributed by atoms with E-state index in [1.54, 1.807) is 4.90 Å². The smallest absolute Gasteiger partial charge is 0.320 e. The zero-order valence-corrected chi connectivity index (χ0v) is 17.8. The third-order valence-electron chi connectivity index (χ3n) is 5.39. The molecule has 2 aromatic carbocycles. The first-order chi connectivity index (χ1) is 14.4. The second-order valence-electron chi connectivity index (χ2n) is 8.00. The molecule has 0 saturated carbocycles. The van der Waals surface area contributed by atoms with Crippen LogP contribution < -0.4 is 15.0 Å². The number of carboxylic acid groups (broad SMARTS) is 1. The summed E-state index contributed by atoms with van der Waals surface area (Å²) in [6.07, 6.45) is 1.15. The molecule has 0 aliphatic carbocycles.